The molecule has 32 heavy (non-hydrogen) atoms. The number of hydrogen-bond acceptors (Lipinski definition) is 5. The smallest absolute Gasteiger partial charge is 0.274 e. The van der Waals surface area contributed by atoms with E-state index in [4.69, 9.17) is 11.6 Å². The number of hydrogen-bond donors (Lipinski definition) is 1. The van der Waals surface area contributed by atoms with Gasteiger partial charge >= 0.3 is 0 Å². The number of pyridine rings is 2. The Morgan fingerprint density at radius 3 is 2.66 bits per heavy atom. The monoisotopic (exact) mass is 577 g/mol. The number of likely N-dealkylation sites (tertiary alicyclic amines) is 1. The SMILES string of the molecule is O=C(Nc1c(Br)cc2ccnn2c1C(=O)N1CCC1)c1cc(Br)nn1-c1ncccc1Cl. The van der Waals surface area contributed by atoms with Crippen molar-refractivity contribution in [3.63, 3.8) is 0 Å². The molecule has 1 aliphatic rings. The van der Waals surface area contributed by atoms with Gasteiger partial charge in [0.2, 0.25) is 0 Å². The van der Waals surface area contributed by atoms with Gasteiger partial charge in [-0.05, 0) is 62.5 Å². The minimum atomic E-state index is -0.491. The Labute approximate surface area is 203 Å². The second kappa shape index (κ2) is 8.30. The van der Waals surface area contributed by atoms with Crippen LogP contribution in [0.5, 0.6) is 0 Å². The minimum Gasteiger partial charge on any atom is -0.337 e. The molecule has 2 amide bonds. The number of nitrogens with zero attached hydrogens (tertiary/aromatic N) is 6. The zero-order chi connectivity index (χ0) is 22.4. The van der Waals surface area contributed by atoms with Crippen LogP contribution < -0.4 is 5.32 Å². The Bertz CT molecular complexity index is 1380. The molecular weight excluding hydrogens is 566 g/mol. The summed E-state index contributed by atoms with van der Waals surface area (Å²) >= 11 is 13.1. The third-order valence-corrected chi connectivity index (χ3v) is 6.38. The molecule has 162 valence electrons. The molecule has 0 aliphatic carbocycles. The van der Waals surface area contributed by atoms with E-state index in [1.165, 1.54) is 9.20 Å². The van der Waals surface area contributed by atoms with Crippen molar-refractivity contribution in [2.45, 2.75) is 6.42 Å². The molecule has 9 nitrogen and oxygen atoms in total. The van der Waals surface area contributed by atoms with Gasteiger partial charge in [-0.15, -0.1) is 0 Å². The van der Waals surface area contributed by atoms with Gasteiger partial charge in [0, 0.05) is 29.8 Å². The molecule has 1 fully saturated rings. The van der Waals surface area contributed by atoms with E-state index in [1.54, 1.807) is 47.6 Å². The van der Waals surface area contributed by atoms with E-state index in [-0.39, 0.29) is 17.3 Å². The summed E-state index contributed by atoms with van der Waals surface area (Å²) in [5.74, 6) is -0.387. The van der Waals surface area contributed by atoms with Crippen molar-refractivity contribution < 1.29 is 9.59 Å². The summed E-state index contributed by atoms with van der Waals surface area (Å²) < 4.78 is 3.87. The summed E-state index contributed by atoms with van der Waals surface area (Å²) in [7, 11) is 0. The van der Waals surface area contributed by atoms with E-state index in [1.807, 2.05) is 0 Å². The lowest BCUT2D eigenvalue weighted by atomic mass is 10.1. The lowest BCUT2D eigenvalue weighted by molar-refractivity contribution is 0.0644. The summed E-state index contributed by atoms with van der Waals surface area (Å²) in [4.78, 5) is 32.5. The van der Waals surface area contributed by atoms with Gasteiger partial charge in [-0.2, -0.15) is 10.2 Å². The van der Waals surface area contributed by atoms with Crippen LogP contribution in [0, 0.1) is 0 Å². The number of amides is 2. The number of carbonyl (C=O) groups excluding carboxylic acids is 2. The van der Waals surface area contributed by atoms with Crippen LogP contribution in [0.2, 0.25) is 5.02 Å². The van der Waals surface area contributed by atoms with Crippen LogP contribution in [-0.4, -0.2) is 54.2 Å². The number of carbonyl (C=O) groups is 2. The van der Waals surface area contributed by atoms with Gasteiger partial charge in [0.1, 0.15) is 10.3 Å². The van der Waals surface area contributed by atoms with Crippen molar-refractivity contribution in [3.8, 4) is 5.82 Å². The molecule has 12 heteroatoms. The van der Waals surface area contributed by atoms with E-state index in [0.717, 1.165) is 11.9 Å². The van der Waals surface area contributed by atoms with E-state index in [0.29, 0.717) is 38.7 Å². The summed E-state index contributed by atoms with van der Waals surface area (Å²) in [6, 6.07) is 8.48. The molecule has 0 aromatic carbocycles. The van der Waals surface area contributed by atoms with Crippen LogP contribution in [0.15, 0.2) is 51.8 Å². The topological polar surface area (TPSA) is 97.4 Å². The first-order valence-electron chi connectivity index (χ1n) is 9.57. The van der Waals surface area contributed by atoms with E-state index >= 15 is 0 Å². The van der Waals surface area contributed by atoms with Crippen LogP contribution in [0.1, 0.15) is 27.4 Å². The Balaban J connectivity index is 1.59. The summed E-state index contributed by atoms with van der Waals surface area (Å²) in [5.41, 5.74) is 1.51. The maximum Gasteiger partial charge on any atom is 0.274 e. The van der Waals surface area contributed by atoms with Gasteiger partial charge in [0.15, 0.2) is 11.5 Å². The van der Waals surface area contributed by atoms with Crippen LogP contribution in [-0.2, 0) is 0 Å². The van der Waals surface area contributed by atoms with Crippen molar-refractivity contribution in [2.24, 2.45) is 0 Å². The molecule has 0 radical (unpaired) electrons. The highest BCUT2D eigenvalue weighted by Gasteiger charge is 2.29. The third-order valence-electron chi connectivity index (χ3n) is 5.07. The fourth-order valence-electron chi connectivity index (χ4n) is 3.40. The zero-order valence-corrected chi connectivity index (χ0v) is 20.2. The molecular formula is C20H14Br2ClN7O2. The highest BCUT2D eigenvalue weighted by Crippen LogP contribution is 2.31. The Morgan fingerprint density at radius 1 is 1.12 bits per heavy atom. The number of aromatic nitrogens is 5. The molecule has 1 N–H and O–H groups in total. The maximum absolute atomic E-state index is 13.3. The first-order valence-corrected chi connectivity index (χ1v) is 11.5. The predicted octanol–water partition coefficient (Wildman–Crippen LogP) is 4.19. The Morgan fingerprint density at radius 2 is 1.94 bits per heavy atom. The fourth-order valence-corrected chi connectivity index (χ4v) is 4.50. The summed E-state index contributed by atoms with van der Waals surface area (Å²) in [6.07, 6.45) is 4.11. The lowest BCUT2D eigenvalue weighted by Gasteiger charge is -2.31. The average Bonchev–Trinajstić information content (AvgIpc) is 3.33. The van der Waals surface area contributed by atoms with Gasteiger partial charge in [0.25, 0.3) is 11.8 Å². The Kier molecular flexibility index (Phi) is 5.48. The van der Waals surface area contributed by atoms with Crippen LogP contribution in [0.25, 0.3) is 11.3 Å². The number of nitrogens with one attached hydrogen (secondary N) is 1. The molecule has 4 aromatic heterocycles. The number of anilines is 1. The molecule has 5 rings (SSSR count). The van der Waals surface area contributed by atoms with Crippen LogP contribution >= 0.6 is 43.5 Å². The van der Waals surface area contributed by atoms with Gasteiger partial charge < -0.3 is 10.2 Å². The van der Waals surface area contributed by atoms with Crippen LogP contribution in [0.4, 0.5) is 5.69 Å². The number of rotatable bonds is 4. The van der Waals surface area contributed by atoms with Crippen molar-refractivity contribution in [1.29, 1.82) is 0 Å². The molecule has 0 bridgehead atoms. The standard InChI is InChI=1S/C20H14Br2ClN7O2/c21-12-9-11-4-6-25-29(11)17(20(32)28-7-2-8-28)16(12)26-19(31)14-10-15(22)27-30(14)18-13(23)3-1-5-24-18/h1,3-6,9-10H,2,7-8H2,(H,26,31). The molecule has 0 saturated carbocycles. The van der Waals surface area contributed by atoms with Crippen molar-refractivity contribution in [3.05, 3.63) is 68.2 Å². The van der Waals surface area contributed by atoms with Gasteiger partial charge in [-0.3, -0.25) is 9.59 Å². The average molecular weight is 580 g/mol. The van der Waals surface area contributed by atoms with Gasteiger partial charge in [0.05, 0.1) is 22.4 Å². The van der Waals surface area contributed by atoms with E-state index in [2.05, 4.69) is 52.4 Å². The summed E-state index contributed by atoms with van der Waals surface area (Å²) in [6.45, 7) is 1.33. The third kappa shape index (κ3) is 3.59. The molecule has 0 unspecified atom stereocenters. The fraction of sp³-hybridized carbons (Fsp3) is 0.150. The normalized spacial score (nSPS) is 13.3. The number of fused-ring (bicyclic) bond motifs is 1. The van der Waals surface area contributed by atoms with Crippen LogP contribution in [0.3, 0.4) is 0 Å². The predicted molar refractivity (Wildman–Crippen MR) is 125 cm³/mol. The quantitative estimate of drug-likeness (QED) is 0.391. The zero-order valence-electron chi connectivity index (χ0n) is 16.3. The van der Waals surface area contributed by atoms with Crippen molar-refractivity contribution >= 4 is 66.5 Å². The molecule has 0 spiro atoms. The van der Waals surface area contributed by atoms with Gasteiger partial charge in [-0.25, -0.2) is 14.2 Å². The van der Waals surface area contributed by atoms with E-state index < -0.39 is 5.91 Å². The number of halogens is 3. The Hall–Kier alpha value is -2.76. The summed E-state index contributed by atoms with van der Waals surface area (Å²) in [5, 5.41) is 11.8. The molecule has 1 aliphatic heterocycles. The van der Waals surface area contributed by atoms with Crippen molar-refractivity contribution in [1.82, 2.24) is 29.3 Å². The second-order valence-corrected chi connectivity index (χ2v) is 9.13. The molecule has 0 atom stereocenters. The molecule has 1 saturated heterocycles. The lowest BCUT2D eigenvalue weighted by Crippen LogP contribution is -2.43. The highest BCUT2D eigenvalue weighted by molar-refractivity contribution is 9.10. The first-order chi connectivity index (χ1) is 15.4. The minimum absolute atomic E-state index is 0.187. The first kappa shape index (κ1) is 21.1. The molecule has 5 heterocycles. The van der Waals surface area contributed by atoms with Gasteiger partial charge in [-0.1, -0.05) is 11.6 Å². The second-order valence-electron chi connectivity index (χ2n) is 7.06. The van der Waals surface area contributed by atoms with Crippen molar-refractivity contribution in [2.75, 3.05) is 18.4 Å². The maximum atomic E-state index is 13.3. The highest BCUT2D eigenvalue weighted by atomic mass is 79.9. The largest absolute Gasteiger partial charge is 0.337 e. The van der Waals surface area contributed by atoms with E-state index in [9.17, 15) is 9.59 Å². The molecule has 4 aromatic rings.